The summed E-state index contributed by atoms with van der Waals surface area (Å²) in [6.45, 7) is 22.7. The Bertz CT molecular complexity index is 867. The van der Waals surface area contributed by atoms with Crippen molar-refractivity contribution in [2.45, 2.75) is 54.4 Å². The largest absolute Gasteiger partial charge is 0.202 e. The standard InChI is InChI=1S/C28H38N/c1-9-21(3)20-29(10-2)27(18-23(5)28(6,7)8)26-19-25(17-16-22(26)4)24-14-12-11-13-15-24/h10-18,26H,3,5,9,19-20H2,1-2,4,6-8H3/q+1/b27-18-,29-10-. The Kier molecular flexibility index (Phi) is 7.79. The molecule has 1 aliphatic rings. The van der Waals surface area contributed by atoms with E-state index < -0.39 is 0 Å². The Balaban J connectivity index is 2.49. The first-order valence-electron chi connectivity index (χ1n) is 10.7. The van der Waals surface area contributed by atoms with Gasteiger partial charge in [-0.3, -0.25) is 0 Å². The fraction of sp³-hybridized carbons (Fsp3) is 0.393. The summed E-state index contributed by atoms with van der Waals surface area (Å²) in [5.41, 5.74) is 7.84. The summed E-state index contributed by atoms with van der Waals surface area (Å²) in [6.07, 6.45) is 11.1. The van der Waals surface area contributed by atoms with Crippen molar-refractivity contribution < 1.29 is 4.58 Å². The third kappa shape index (κ3) is 6.03. The quantitative estimate of drug-likeness (QED) is 0.196. The first-order valence-corrected chi connectivity index (χ1v) is 10.7. The van der Waals surface area contributed by atoms with Crippen LogP contribution in [0.1, 0.15) is 59.9 Å². The number of hydrogen-bond donors (Lipinski definition) is 0. The average Bonchev–Trinajstić information content (AvgIpc) is 2.70. The highest BCUT2D eigenvalue weighted by Gasteiger charge is 2.30. The van der Waals surface area contributed by atoms with Crippen molar-refractivity contribution in [3.8, 4) is 0 Å². The second kappa shape index (κ2) is 9.87. The molecule has 1 aromatic carbocycles. The normalized spacial score (nSPS) is 18.2. The molecule has 1 nitrogen and oxygen atoms in total. The Hall–Kier alpha value is -2.41. The van der Waals surface area contributed by atoms with Crippen molar-refractivity contribution >= 4 is 11.8 Å². The fourth-order valence-electron chi connectivity index (χ4n) is 3.46. The number of hydrogen-bond acceptors (Lipinski definition) is 0. The molecule has 2 rings (SSSR count). The third-order valence-corrected chi connectivity index (χ3v) is 5.85. The van der Waals surface area contributed by atoms with Crippen molar-refractivity contribution in [1.82, 2.24) is 0 Å². The van der Waals surface area contributed by atoms with Crippen LogP contribution in [0.25, 0.3) is 5.57 Å². The second-order valence-electron chi connectivity index (χ2n) is 9.06. The number of nitrogens with zero attached hydrogens (tertiary/aromatic N) is 1. The number of allylic oxidation sites excluding steroid dienone is 6. The minimum absolute atomic E-state index is 0.0385. The predicted octanol–water partition coefficient (Wildman–Crippen LogP) is 7.59. The van der Waals surface area contributed by atoms with E-state index in [1.165, 1.54) is 28.0 Å². The van der Waals surface area contributed by atoms with Crippen LogP contribution in [0.5, 0.6) is 0 Å². The molecule has 1 aromatic rings. The third-order valence-electron chi connectivity index (χ3n) is 5.85. The van der Waals surface area contributed by atoms with E-state index in [1.807, 2.05) is 0 Å². The zero-order valence-electron chi connectivity index (χ0n) is 19.3. The van der Waals surface area contributed by atoms with Crippen LogP contribution in [0.4, 0.5) is 0 Å². The highest BCUT2D eigenvalue weighted by Crippen LogP contribution is 2.37. The molecule has 0 aliphatic heterocycles. The molecular formula is C28H38N+. The van der Waals surface area contributed by atoms with Crippen LogP contribution in [0.2, 0.25) is 0 Å². The van der Waals surface area contributed by atoms with Gasteiger partial charge in [0.1, 0.15) is 6.21 Å². The van der Waals surface area contributed by atoms with Crippen LogP contribution < -0.4 is 0 Å². The monoisotopic (exact) mass is 388 g/mol. The highest BCUT2D eigenvalue weighted by molar-refractivity contribution is 5.69. The topological polar surface area (TPSA) is 3.01 Å². The number of benzene rings is 1. The molecule has 0 amide bonds. The summed E-state index contributed by atoms with van der Waals surface area (Å²) >= 11 is 0. The molecule has 0 radical (unpaired) electrons. The lowest BCUT2D eigenvalue weighted by atomic mass is 9.80. The van der Waals surface area contributed by atoms with Crippen LogP contribution in [0, 0.1) is 11.3 Å². The summed E-state index contributed by atoms with van der Waals surface area (Å²) in [6, 6.07) is 10.7. The summed E-state index contributed by atoms with van der Waals surface area (Å²) in [4.78, 5) is 0. The zero-order chi connectivity index (χ0) is 21.6. The first-order chi connectivity index (χ1) is 13.7. The maximum absolute atomic E-state index is 4.41. The smallest absolute Gasteiger partial charge is 0.189 e. The maximum Gasteiger partial charge on any atom is 0.189 e. The van der Waals surface area contributed by atoms with Crippen LogP contribution in [-0.4, -0.2) is 17.3 Å². The SMILES string of the molecule is C=C(CC)C[N+](=C/C)/C(=C\C(=C)C(C)(C)C)C1CC(c2ccccc2)=CC=C1C. The van der Waals surface area contributed by atoms with Gasteiger partial charge in [-0.25, -0.2) is 4.58 Å². The van der Waals surface area contributed by atoms with E-state index in [9.17, 15) is 0 Å². The van der Waals surface area contributed by atoms with Crippen LogP contribution in [0.15, 0.2) is 84.1 Å². The summed E-state index contributed by atoms with van der Waals surface area (Å²) in [5.74, 6) is 0.329. The van der Waals surface area contributed by atoms with Gasteiger partial charge in [-0.1, -0.05) is 88.9 Å². The van der Waals surface area contributed by atoms with Crippen molar-refractivity contribution in [3.05, 3.63) is 89.7 Å². The second-order valence-corrected chi connectivity index (χ2v) is 9.06. The van der Waals surface area contributed by atoms with E-state index in [0.717, 1.165) is 25.0 Å². The molecule has 1 unspecified atom stereocenters. The number of rotatable bonds is 7. The van der Waals surface area contributed by atoms with Gasteiger partial charge in [0.15, 0.2) is 12.2 Å². The molecule has 0 spiro atoms. The molecule has 29 heavy (non-hydrogen) atoms. The molecule has 0 aromatic heterocycles. The lowest BCUT2D eigenvalue weighted by Gasteiger charge is -2.26. The van der Waals surface area contributed by atoms with Gasteiger partial charge in [-0.15, -0.1) is 0 Å². The molecule has 0 fully saturated rings. The molecule has 0 bridgehead atoms. The summed E-state index contributed by atoms with van der Waals surface area (Å²) in [7, 11) is 0. The van der Waals surface area contributed by atoms with Crippen LogP contribution in [-0.2, 0) is 0 Å². The van der Waals surface area contributed by atoms with Gasteiger partial charge in [-0.05, 0) is 47.5 Å². The molecule has 154 valence electrons. The Labute approximate surface area is 178 Å². The van der Waals surface area contributed by atoms with Gasteiger partial charge < -0.3 is 0 Å². The maximum atomic E-state index is 4.41. The zero-order valence-corrected chi connectivity index (χ0v) is 19.3. The molecule has 1 heteroatoms. The van der Waals surface area contributed by atoms with Crippen molar-refractivity contribution in [2.75, 3.05) is 6.54 Å². The minimum atomic E-state index is 0.0385. The average molecular weight is 389 g/mol. The highest BCUT2D eigenvalue weighted by atomic mass is 15.0. The van der Waals surface area contributed by atoms with E-state index in [4.69, 9.17) is 0 Å². The summed E-state index contributed by atoms with van der Waals surface area (Å²) < 4.78 is 2.37. The van der Waals surface area contributed by atoms with Gasteiger partial charge >= 0.3 is 0 Å². The molecule has 1 atom stereocenters. The van der Waals surface area contributed by atoms with Gasteiger partial charge in [0.25, 0.3) is 0 Å². The lowest BCUT2D eigenvalue weighted by molar-refractivity contribution is -0.471. The van der Waals surface area contributed by atoms with Gasteiger partial charge in [0, 0.05) is 13.0 Å². The predicted molar refractivity (Wildman–Crippen MR) is 129 cm³/mol. The molecule has 0 heterocycles. The first kappa shape index (κ1) is 22.9. The molecular weight excluding hydrogens is 350 g/mol. The van der Waals surface area contributed by atoms with Gasteiger partial charge in [-0.2, -0.15) is 0 Å². The lowest BCUT2D eigenvalue weighted by Crippen LogP contribution is -2.24. The van der Waals surface area contributed by atoms with Crippen molar-refractivity contribution in [2.24, 2.45) is 11.3 Å². The molecule has 0 saturated heterocycles. The van der Waals surface area contributed by atoms with E-state index in [2.05, 4.69) is 114 Å². The summed E-state index contributed by atoms with van der Waals surface area (Å²) in [5, 5.41) is 0. The van der Waals surface area contributed by atoms with E-state index in [1.54, 1.807) is 0 Å². The van der Waals surface area contributed by atoms with Crippen molar-refractivity contribution in [3.63, 3.8) is 0 Å². The molecule has 0 N–H and O–H groups in total. The molecule has 0 saturated carbocycles. The van der Waals surface area contributed by atoms with E-state index in [0.29, 0.717) is 5.92 Å². The Morgan fingerprint density at radius 3 is 2.34 bits per heavy atom. The Morgan fingerprint density at radius 1 is 1.14 bits per heavy atom. The van der Waals surface area contributed by atoms with Crippen molar-refractivity contribution in [1.29, 1.82) is 0 Å². The molecule has 1 aliphatic carbocycles. The van der Waals surface area contributed by atoms with Gasteiger partial charge in [0.05, 0.1) is 5.92 Å². The van der Waals surface area contributed by atoms with E-state index >= 15 is 0 Å². The fourth-order valence-corrected chi connectivity index (χ4v) is 3.46. The Morgan fingerprint density at radius 2 is 1.79 bits per heavy atom. The minimum Gasteiger partial charge on any atom is -0.202 e. The van der Waals surface area contributed by atoms with Gasteiger partial charge in [0.2, 0.25) is 0 Å². The van der Waals surface area contributed by atoms with Crippen LogP contribution >= 0.6 is 0 Å². The van der Waals surface area contributed by atoms with E-state index in [-0.39, 0.29) is 5.41 Å². The van der Waals surface area contributed by atoms with Crippen LogP contribution in [0.3, 0.4) is 0 Å².